The maximum absolute atomic E-state index is 13.2. The van der Waals surface area contributed by atoms with Crippen molar-refractivity contribution >= 4 is 33.7 Å². The monoisotopic (exact) mass is 380 g/mol. The maximum Gasteiger partial charge on any atom is 0.269 e. The summed E-state index contributed by atoms with van der Waals surface area (Å²) in [4.78, 5) is 30.7. The Kier molecular flexibility index (Phi) is 4.54. The van der Waals surface area contributed by atoms with Gasteiger partial charge in [-0.15, -0.1) is 0 Å². The molecule has 0 fully saturated rings. The number of hydrogen-bond acceptors (Lipinski definition) is 4. The molecule has 2 aromatic heterocycles. The number of rotatable bonds is 4. The van der Waals surface area contributed by atoms with Crippen LogP contribution in [0.5, 0.6) is 0 Å². The number of benzene rings is 2. The van der Waals surface area contributed by atoms with E-state index >= 15 is 0 Å². The Morgan fingerprint density at radius 1 is 1.07 bits per heavy atom. The zero-order valence-electron chi connectivity index (χ0n) is 14.7. The second-order valence-corrected chi connectivity index (χ2v) is 6.74. The Morgan fingerprint density at radius 2 is 1.81 bits per heavy atom. The molecular weight excluding hydrogens is 364 g/mol. The van der Waals surface area contributed by atoms with E-state index in [9.17, 15) is 9.59 Å². The largest absolute Gasteiger partial charge is 0.437 e. The van der Waals surface area contributed by atoms with Crippen LogP contribution in [0, 0.1) is 0 Å². The molecule has 0 amide bonds. The highest BCUT2D eigenvalue weighted by Gasteiger charge is 2.19. The Balaban J connectivity index is 2.14. The summed E-state index contributed by atoms with van der Waals surface area (Å²) in [6.45, 7) is 2.49. The van der Waals surface area contributed by atoms with Gasteiger partial charge in [-0.1, -0.05) is 49.2 Å². The third-order valence-corrected chi connectivity index (χ3v) is 4.88. The molecule has 0 unspecified atom stereocenters. The van der Waals surface area contributed by atoms with Gasteiger partial charge in [0.15, 0.2) is 5.39 Å². The Labute approximate surface area is 159 Å². The van der Waals surface area contributed by atoms with Crippen molar-refractivity contribution in [2.24, 2.45) is 0 Å². The van der Waals surface area contributed by atoms with Gasteiger partial charge in [-0.3, -0.25) is 14.2 Å². The number of halogens is 1. The van der Waals surface area contributed by atoms with Crippen LogP contribution in [0.4, 0.5) is 0 Å². The summed E-state index contributed by atoms with van der Waals surface area (Å²) < 4.78 is 7.33. The quantitative estimate of drug-likeness (QED) is 0.484. The summed E-state index contributed by atoms with van der Waals surface area (Å²) in [7, 11) is 0. The Hall–Kier alpha value is -2.92. The summed E-state index contributed by atoms with van der Waals surface area (Å²) in [6, 6.07) is 14.0. The maximum atomic E-state index is 13.2. The van der Waals surface area contributed by atoms with Crippen molar-refractivity contribution in [2.45, 2.75) is 26.3 Å². The highest BCUT2D eigenvalue weighted by Crippen LogP contribution is 2.27. The van der Waals surface area contributed by atoms with Gasteiger partial charge >= 0.3 is 0 Å². The molecule has 0 bridgehead atoms. The predicted octanol–water partition coefficient (Wildman–Crippen LogP) is 4.62. The first-order chi connectivity index (χ1) is 13.1. The van der Waals surface area contributed by atoms with Crippen LogP contribution in [-0.2, 0) is 6.54 Å². The zero-order chi connectivity index (χ0) is 19.0. The van der Waals surface area contributed by atoms with Gasteiger partial charge in [0, 0.05) is 12.1 Å². The summed E-state index contributed by atoms with van der Waals surface area (Å²) in [5.74, 6) is 0.407. The fourth-order valence-corrected chi connectivity index (χ4v) is 3.38. The molecule has 2 aromatic carbocycles. The van der Waals surface area contributed by atoms with E-state index in [0.717, 1.165) is 12.8 Å². The van der Waals surface area contributed by atoms with Crippen molar-refractivity contribution in [3.63, 3.8) is 0 Å². The lowest BCUT2D eigenvalue weighted by molar-refractivity contribution is 0.599. The minimum Gasteiger partial charge on any atom is -0.437 e. The average Bonchev–Trinajstić information content (AvgIpc) is 2.67. The lowest BCUT2D eigenvalue weighted by atomic mass is 10.1. The minimum absolute atomic E-state index is 0.0272. The average molecular weight is 381 g/mol. The third-order valence-electron chi connectivity index (χ3n) is 4.55. The molecule has 0 radical (unpaired) electrons. The first kappa shape index (κ1) is 17.5. The molecule has 4 aromatic rings. The van der Waals surface area contributed by atoms with Crippen LogP contribution in [0.15, 0.2) is 62.5 Å². The minimum atomic E-state index is -0.400. The number of hydrogen-bond donors (Lipinski definition) is 0. The molecule has 5 nitrogen and oxygen atoms in total. The van der Waals surface area contributed by atoms with E-state index in [2.05, 4.69) is 4.98 Å². The zero-order valence-corrected chi connectivity index (χ0v) is 15.5. The van der Waals surface area contributed by atoms with Crippen LogP contribution >= 0.6 is 11.6 Å². The number of unbranched alkanes of at least 4 members (excludes halogenated alkanes) is 1. The van der Waals surface area contributed by atoms with Crippen LogP contribution in [0.25, 0.3) is 33.5 Å². The van der Waals surface area contributed by atoms with Crippen LogP contribution in [0.2, 0.25) is 5.02 Å². The van der Waals surface area contributed by atoms with Gasteiger partial charge in [0.05, 0.1) is 10.4 Å². The molecule has 27 heavy (non-hydrogen) atoms. The van der Waals surface area contributed by atoms with Crippen LogP contribution in [0.1, 0.15) is 19.8 Å². The number of aromatic nitrogens is 2. The number of fused-ring (bicyclic) bond motifs is 2. The summed E-state index contributed by atoms with van der Waals surface area (Å²) in [6.07, 6.45) is 1.68. The van der Waals surface area contributed by atoms with Crippen molar-refractivity contribution in [3.8, 4) is 11.4 Å². The van der Waals surface area contributed by atoms with Crippen molar-refractivity contribution in [2.75, 3.05) is 0 Å². The van der Waals surface area contributed by atoms with Crippen molar-refractivity contribution in [1.29, 1.82) is 0 Å². The van der Waals surface area contributed by atoms with Gasteiger partial charge in [-0.05, 0) is 30.7 Å². The van der Waals surface area contributed by atoms with E-state index < -0.39 is 5.56 Å². The van der Waals surface area contributed by atoms with E-state index in [1.54, 1.807) is 36.4 Å². The van der Waals surface area contributed by atoms with Gasteiger partial charge in [-0.2, -0.15) is 4.98 Å². The summed E-state index contributed by atoms with van der Waals surface area (Å²) in [5.41, 5.74) is 0.304. The topological polar surface area (TPSA) is 65.1 Å². The normalized spacial score (nSPS) is 11.3. The van der Waals surface area contributed by atoms with E-state index in [1.165, 1.54) is 4.57 Å². The lowest BCUT2D eigenvalue weighted by Crippen LogP contribution is -2.27. The van der Waals surface area contributed by atoms with Crippen molar-refractivity contribution in [3.05, 3.63) is 74.1 Å². The molecular formula is C21H17ClN2O3. The van der Waals surface area contributed by atoms with Gasteiger partial charge in [-0.25, -0.2) is 0 Å². The smallest absolute Gasteiger partial charge is 0.269 e. The SMILES string of the molecule is CCCCn1c(-c2ccccc2Cl)nc2oc3ccccc3c(=O)c2c1=O. The van der Waals surface area contributed by atoms with Gasteiger partial charge < -0.3 is 4.42 Å². The predicted molar refractivity (Wildman–Crippen MR) is 107 cm³/mol. The lowest BCUT2D eigenvalue weighted by Gasteiger charge is -2.14. The van der Waals surface area contributed by atoms with E-state index in [0.29, 0.717) is 33.9 Å². The Bertz CT molecular complexity index is 1270. The second kappa shape index (κ2) is 7.00. The van der Waals surface area contributed by atoms with Crippen LogP contribution in [0.3, 0.4) is 0 Å². The van der Waals surface area contributed by atoms with Gasteiger partial charge in [0.1, 0.15) is 11.4 Å². The molecule has 0 aliphatic carbocycles. The first-order valence-corrected chi connectivity index (χ1v) is 9.21. The summed E-state index contributed by atoms with van der Waals surface area (Å²) >= 11 is 6.35. The van der Waals surface area contributed by atoms with Gasteiger partial charge in [0.25, 0.3) is 5.56 Å². The first-order valence-electron chi connectivity index (χ1n) is 8.83. The van der Waals surface area contributed by atoms with Crippen LogP contribution in [-0.4, -0.2) is 9.55 Å². The standard InChI is InChI=1S/C21H17ClN2O3/c1-2-3-12-24-19(13-8-4-6-10-15(13)22)23-20-17(21(24)26)18(25)14-9-5-7-11-16(14)27-20/h4-11H,2-3,12H2,1H3. The van der Waals surface area contributed by atoms with Gasteiger partial charge in [0.2, 0.25) is 11.1 Å². The molecule has 136 valence electrons. The fourth-order valence-electron chi connectivity index (χ4n) is 3.16. The van der Waals surface area contributed by atoms with E-state index in [4.69, 9.17) is 16.0 Å². The molecule has 0 aliphatic rings. The molecule has 2 heterocycles. The highest BCUT2D eigenvalue weighted by molar-refractivity contribution is 6.33. The van der Waals surface area contributed by atoms with Crippen molar-refractivity contribution in [1.82, 2.24) is 9.55 Å². The molecule has 0 aliphatic heterocycles. The molecule has 0 saturated heterocycles. The molecule has 0 N–H and O–H groups in total. The van der Waals surface area contributed by atoms with Crippen LogP contribution < -0.4 is 11.0 Å². The Morgan fingerprint density at radius 3 is 2.59 bits per heavy atom. The number of nitrogens with zero attached hydrogens (tertiary/aromatic N) is 2. The fraction of sp³-hybridized carbons (Fsp3) is 0.190. The molecule has 6 heteroatoms. The summed E-state index contributed by atoms with van der Waals surface area (Å²) in [5, 5.41) is 0.828. The van der Waals surface area contributed by atoms with E-state index in [1.807, 2.05) is 19.1 Å². The van der Waals surface area contributed by atoms with E-state index in [-0.39, 0.29) is 16.5 Å². The second-order valence-electron chi connectivity index (χ2n) is 6.33. The molecule has 0 spiro atoms. The van der Waals surface area contributed by atoms with Crippen molar-refractivity contribution < 1.29 is 4.42 Å². The number of para-hydroxylation sites is 1. The third kappa shape index (κ3) is 2.94. The molecule has 0 atom stereocenters. The molecule has 4 rings (SSSR count). The molecule has 0 saturated carbocycles. The highest BCUT2D eigenvalue weighted by atomic mass is 35.5.